The van der Waals surface area contributed by atoms with E-state index in [0.717, 1.165) is 37.1 Å². The number of aromatic nitrogens is 3. The Hall–Kier alpha value is -3.06. The number of nitrogens with zero attached hydrogens (tertiary/aromatic N) is 4. The van der Waals surface area contributed by atoms with Crippen molar-refractivity contribution in [1.82, 2.24) is 19.7 Å². The van der Waals surface area contributed by atoms with Crippen molar-refractivity contribution in [3.05, 3.63) is 47.0 Å². The second kappa shape index (κ2) is 8.71. The van der Waals surface area contributed by atoms with Crippen LogP contribution in [0.2, 0.25) is 0 Å². The number of likely N-dealkylation sites (tertiary alicyclic amines) is 1. The zero-order valence-corrected chi connectivity index (χ0v) is 19.6. The number of phenolic OH excluding ortho intramolecular Hbond substituents is 2. The van der Waals surface area contributed by atoms with E-state index >= 15 is 0 Å². The average molecular weight is 449 g/mol. The molecular formula is C26H32N4O3. The predicted molar refractivity (Wildman–Crippen MR) is 127 cm³/mol. The average Bonchev–Trinajstić information content (AvgIpc) is 3.51. The highest BCUT2D eigenvalue weighted by Gasteiger charge is 2.26. The normalized spacial score (nSPS) is 18.2. The minimum absolute atomic E-state index is 0.0335. The summed E-state index contributed by atoms with van der Waals surface area (Å²) in [5.41, 5.74) is 4.92. The van der Waals surface area contributed by atoms with Crippen LogP contribution in [-0.2, 0) is 12.8 Å². The molecule has 1 atom stereocenters. The molecule has 0 bridgehead atoms. The molecule has 7 nitrogen and oxygen atoms in total. The predicted octanol–water partition coefficient (Wildman–Crippen LogP) is 4.43. The Labute approximate surface area is 194 Å². The topological polar surface area (TPSA) is 83.6 Å². The number of phenols is 2. The summed E-state index contributed by atoms with van der Waals surface area (Å²) in [4.78, 5) is 2.32. The fourth-order valence-corrected chi connectivity index (χ4v) is 5.06. The molecule has 2 N–H and O–H groups in total. The van der Waals surface area contributed by atoms with Crippen LogP contribution in [0.5, 0.6) is 17.5 Å². The quantitative estimate of drug-likeness (QED) is 0.580. The van der Waals surface area contributed by atoms with Gasteiger partial charge in [0.05, 0.1) is 11.3 Å². The number of rotatable bonds is 6. The van der Waals surface area contributed by atoms with Gasteiger partial charge in [0.15, 0.2) is 5.82 Å². The second-order valence-electron chi connectivity index (χ2n) is 9.62. The number of fused-ring (bicyclic) bond motifs is 1. The first-order valence-corrected chi connectivity index (χ1v) is 11.9. The van der Waals surface area contributed by atoms with Crippen LogP contribution in [0.25, 0.3) is 17.1 Å². The Balaban J connectivity index is 1.60. The van der Waals surface area contributed by atoms with Gasteiger partial charge < -0.3 is 19.8 Å². The largest absolute Gasteiger partial charge is 0.508 e. The number of hydrogen-bond acceptors (Lipinski definition) is 6. The minimum atomic E-state index is -0.0335. The molecule has 1 aliphatic heterocycles. The lowest BCUT2D eigenvalue weighted by molar-refractivity contribution is 0.185. The molecule has 1 unspecified atom stereocenters. The Bertz CT molecular complexity index is 1170. The van der Waals surface area contributed by atoms with E-state index in [0.29, 0.717) is 30.0 Å². The lowest BCUT2D eigenvalue weighted by atomic mass is 9.98. The number of aromatic hydroxyl groups is 2. The number of likely N-dealkylation sites (N-methyl/N-ethyl adjacent to an activating group) is 1. The van der Waals surface area contributed by atoms with Crippen molar-refractivity contribution in [1.29, 1.82) is 0 Å². The van der Waals surface area contributed by atoms with Gasteiger partial charge in [-0.1, -0.05) is 25.0 Å². The molecule has 5 rings (SSSR count). The summed E-state index contributed by atoms with van der Waals surface area (Å²) >= 11 is 0. The zero-order chi connectivity index (χ0) is 23.1. The molecule has 3 aromatic rings. The van der Waals surface area contributed by atoms with E-state index in [1.165, 1.54) is 30.0 Å². The van der Waals surface area contributed by atoms with Crippen LogP contribution in [0.1, 0.15) is 55.7 Å². The maximum absolute atomic E-state index is 10.7. The third kappa shape index (κ3) is 4.06. The first-order valence-electron chi connectivity index (χ1n) is 11.9. The number of ether oxygens (including phenoxy) is 1. The Morgan fingerprint density at radius 1 is 1.03 bits per heavy atom. The molecule has 2 heterocycles. The van der Waals surface area contributed by atoms with Crippen LogP contribution >= 0.6 is 0 Å². The third-order valence-electron chi connectivity index (χ3n) is 7.06. The summed E-state index contributed by atoms with van der Waals surface area (Å²) in [5, 5.41) is 29.9. The first kappa shape index (κ1) is 21.8. The molecule has 0 radical (unpaired) electrons. The lowest BCUT2D eigenvalue weighted by Crippen LogP contribution is -2.31. The van der Waals surface area contributed by atoms with E-state index in [4.69, 9.17) is 4.74 Å². The highest BCUT2D eigenvalue weighted by Crippen LogP contribution is 2.39. The molecule has 1 aliphatic carbocycles. The molecule has 33 heavy (non-hydrogen) atoms. The van der Waals surface area contributed by atoms with Gasteiger partial charge in [-0.25, -0.2) is 4.57 Å². The standard InChI is InChI=1S/C26H32N4O3/c1-16(2)21-13-22(24(32)14-23(21)31)25-27-28-26(33-15-20-8-5-11-29(20)3)30(25)19-10-9-17-6-4-7-18(17)12-19/h9-10,12-14,16,20,31-32H,4-8,11,15H2,1-3H3. The van der Waals surface area contributed by atoms with Crippen LogP contribution in [-0.4, -0.2) is 56.1 Å². The van der Waals surface area contributed by atoms with Gasteiger partial charge in [0, 0.05) is 12.1 Å². The summed E-state index contributed by atoms with van der Waals surface area (Å²) in [6.07, 6.45) is 5.62. The molecule has 7 heteroatoms. The van der Waals surface area contributed by atoms with E-state index in [2.05, 4.69) is 40.3 Å². The molecule has 1 aromatic heterocycles. The monoisotopic (exact) mass is 448 g/mol. The van der Waals surface area contributed by atoms with Crippen molar-refractivity contribution >= 4 is 0 Å². The molecule has 2 aliphatic rings. The Morgan fingerprint density at radius 2 is 1.85 bits per heavy atom. The molecule has 2 aromatic carbocycles. The summed E-state index contributed by atoms with van der Waals surface area (Å²) in [6, 6.07) is 10.4. The van der Waals surface area contributed by atoms with Crippen molar-refractivity contribution in [2.45, 2.75) is 57.9 Å². The fourth-order valence-electron chi connectivity index (χ4n) is 5.06. The van der Waals surface area contributed by atoms with Gasteiger partial charge in [-0.2, -0.15) is 0 Å². The molecular weight excluding hydrogens is 416 g/mol. The van der Waals surface area contributed by atoms with Crippen molar-refractivity contribution in [3.63, 3.8) is 0 Å². The van der Waals surface area contributed by atoms with Crippen molar-refractivity contribution in [2.24, 2.45) is 0 Å². The maximum Gasteiger partial charge on any atom is 0.322 e. The van der Waals surface area contributed by atoms with E-state index in [-0.39, 0.29) is 17.4 Å². The summed E-state index contributed by atoms with van der Waals surface area (Å²) in [6.45, 7) is 5.63. The minimum Gasteiger partial charge on any atom is -0.508 e. The number of hydrogen-bond donors (Lipinski definition) is 2. The zero-order valence-electron chi connectivity index (χ0n) is 19.6. The van der Waals surface area contributed by atoms with Crippen molar-refractivity contribution in [3.8, 4) is 34.6 Å². The van der Waals surface area contributed by atoms with E-state index in [9.17, 15) is 10.2 Å². The fraction of sp³-hybridized carbons (Fsp3) is 0.462. The summed E-state index contributed by atoms with van der Waals surface area (Å²) in [7, 11) is 2.12. The third-order valence-corrected chi connectivity index (χ3v) is 7.06. The van der Waals surface area contributed by atoms with Crippen LogP contribution < -0.4 is 4.74 Å². The van der Waals surface area contributed by atoms with Gasteiger partial charge in [-0.05, 0) is 86.5 Å². The summed E-state index contributed by atoms with van der Waals surface area (Å²) < 4.78 is 8.12. The van der Waals surface area contributed by atoms with Crippen LogP contribution in [0, 0.1) is 0 Å². The van der Waals surface area contributed by atoms with Crippen LogP contribution in [0.15, 0.2) is 30.3 Å². The van der Waals surface area contributed by atoms with Gasteiger partial charge in [-0.15, -0.1) is 5.10 Å². The Morgan fingerprint density at radius 3 is 2.61 bits per heavy atom. The van der Waals surface area contributed by atoms with Crippen molar-refractivity contribution < 1.29 is 14.9 Å². The van der Waals surface area contributed by atoms with E-state index in [1.807, 2.05) is 18.4 Å². The number of aryl methyl sites for hydroxylation is 2. The van der Waals surface area contributed by atoms with Crippen molar-refractivity contribution in [2.75, 3.05) is 20.2 Å². The van der Waals surface area contributed by atoms with E-state index in [1.54, 1.807) is 6.07 Å². The SMILES string of the molecule is CC(C)c1cc(-c2nnc(OCC3CCCN3C)n2-c2ccc3c(c2)CCC3)c(O)cc1O. The van der Waals surface area contributed by atoms with Gasteiger partial charge in [0.1, 0.15) is 18.1 Å². The highest BCUT2D eigenvalue weighted by atomic mass is 16.5. The number of benzene rings is 2. The van der Waals surface area contributed by atoms with Gasteiger partial charge in [-0.3, -0.25) is 0 Å². The maximum atomic E-state index is 10.7. The molecule has 1 saturated heterocycles. The smallest absolute Gasteiger partial charge is 0.322 e. The van der Waals surface area contributed by atoms with Crippen LogP contribution in [0.4, 0.5) is 0 Å². The van der Waals surface area contributed by atoms with E-state index < -0.39 is 0 Å². The molecule has 0 amide bonds. The first-order chi connectivity index (χ1) is 15.9. The van der Waals surface area contributed by atoms with Gasteiger partial charge in [0.25, 0.3) is 0 Å². The molecule has 0 saturated carbocycles. The molecule has 0 spiro atoms. The Kier molecular flexibility index (Phi) is 5.74. The second-order valence-corrected chi connectivity index (χ2v) is 9.62. The van der Waals surface area contributed by atoms with Crippen LogP contribution in [0.3, 0.4) is 0 Å². The van der Waals surface area contributed by atoms with Gasteiger partial charge in [0.2, 0.25) is 0 Å². The highest BCUT2D eigenvalue weighted by molar-refractivity contribution is 5.70. The molecule has 1 fully saturated rings. The summed E-state index contributed by atoms with van der Waals surface area (Å²) in [5.74, 6) is 0.640. The lowest BCUT2D eigenvalue weighted by Gasteiger charge is -2.20. The van der Waals surface area contributed by atoms with Gasteiger partial charge >= 0.3 is 6.01 Å². The molecule has 174 valence electrons.